The fourth-order valence-electron chi connectivity index (χ4n) is 1.18. The van der Waals surface area contributed by atoms with Gasteiger partial charge in [-0.1, -0.05) is 20.8 Å². The topological polar surface area (TPSA) is 84.2 Å². The van der Waals surface area contributed by atoms with Crippen LogP contribution in [0.3, 0.4) is 0 Å². The van der Waals surface area contributed by atoms with Gasteiger partial charge in [0.25, 0.3) is 0 Å². The van der Waals surface area contributed by atoms with Crippen LogP contribution in [0.2, 0.25) is 0 Å². The third-order valence-corrected chi connectivity index (χ3v) is 2.40. The standard InChI is InChI=1S/C11H23N3O2/c1-4-9(7-12)11(16)14-6-5-13-10(15)8(2)3/h8-9H,4-7,12H2,1-3H3,(H,13,15)(H,14,16). The number of amides is 2. The van der Waals surface area contributed by atoms with Gasteiger partial charge in [-0.05, 0) is 6.42 Å². The second-order valence-electron chi connectivity index (χ2n) is 4.08. The fourth-order valence-corrected chi connectivity index (χ4v) is 1.18. The van der Waals surface area contributed by atoms with Crippen molar-refractivity contribution in [2.24, 2.45) is 17.6 Å². The summed E-state index contributed by atoms with van der Waals surface area (Å²) in [6.07, 6.45) is 0.737. The number of rotatable bonds is 7. The molecule has 0 aromatic rings. The van der Waals surface area contributed by atoms with Gasteiger partial charge in [0.05, 0.1) is 0 Å². The monoisotopic (exact) mass is 229 g/mol. The summed E-state index contributed by atoms with van der Waals surface area (Å²) in [7, 11) is 0. The van der Waals surface area contributed by atoms with E-state index in [1.807, 2.05) is 20.8 Å². The minimum Gasteiger partial charge on any atom is -0.354 e. The van der Waals surface area contributed by atoms with Gasteiger partial charge < -0.3 is 16.4 Å². The van der Waals surface area contributed by atoms with Crippen molar-refractivity contribution in [2.45, 2.75) is 27.2 Å². The quantitative estimate of drug-likeness (QED) is 0.531. The lowest BCUT2D eigenvalue weighted by atomic mass is 10.1. The van der Waals surface area contributed by atoms with Gasteiger partial charge in [-0.25, -0.2) is 0 Å². The van der Waals surface area contributed by atoms with Crippen LogP contribution in [0.15, 0.2) is 0 Å². The molecule has 0 aliphatic carbocycles. The highest BCUT2D eigenvalue weighted by Crippen LogP contribution is 1.98. The SMILES string of the molecule is CCC(CN)C(=O)NCCNC(=O)C(C)C. The maximum atomic E-state index is 11.5. The minimum atomic E-state index is -0.124. The van der Waals surface area contributed by atoms with Crippen LogP contribution < -0.4 is 16.4 Å². The molecule has 0 saturated heterocycles. The fraction of sp³-hybridized carbons (Fsp3) is 0.818. The van der Waals surface area contributed by atoms with Gasteiger partial charge in [-0.15, -0.1) is 0 Å². The first-order chi connectivity index (χ1) is 7.52. The smallest absolute Gasteiger partial charge is 0.224 e. The van der Waals surface area contributed by atoms with Crippen molar-refractivity contribution >= 4 is 11.8 Å². The van der Waals surface area contributed by atoms with Gasteiger partial charge in [0, 0.05) is 31.5 Å². The molecule has 0 spiro atoms. The second kappa shape index (κ2) is 8.10. The summed E-state index contributed by atoms with van der Waals surface area (Å²) in [5, 5.41) is 5.47. The summed E-state index contributed by atoms with van der Waals surface area (Å²) in [6.45, 7) is 6.86. The van der Waals surface area contributed by atoms with Crippen molar-refractivity contribution in [3.8, 4) is 0 Å². The van der Waals surface area contributed by atoms with E-state index < -0.39 is 0 Å². The molecule has 0 heterocycles. The Balaban J connectivity index is 3.66. The third-order valence-electron chi connectivity index (χ3n) is 2.40. The van der Waals surface area contributed by atoms with Crippen molar-refractivity contribution in [1.82, 2.24) is 10.6 Å². The predicted molar refractivity (Wildman–Crippen MR) is 63.7 cm³/mol. The van der Waals surface area contributed by atoms with Gasteiger partial charge in [-0.2, -0.15) is 0 Å². The van der Waals surface area contributed by atoms with Crippen molar-refractivity contribution in [3.63, 3.8) is 0 Å². The Hall–Kier alpha value is -1.10. The van der Waals surface area contributed by atoms with E-state index in [1.54, 1.807) is 0 Å². The summed E-state index contributed by atoms with van der Waals surface area (Å²) in [6, 6.07) is 0. The van der Waals surface area contributed by atoms with Crippen molar-refractivity contribution in [1.29, 1.82) is 0 Å². The Morgan fingerprint density at radius 3 is 2.00 bits per heavy atom. The maximum Gasteiger partial charge on any atom is 0.224 e. The zero-order valence-electron chi connectivity index (χ0n) is 10.4. The molecule has 4 N–H and O–H groups in total. The first-order valence-electron chi connectivity index (χ1n) is 5.78. The van der Waals surface area contributed by atoms with Gasteiger partial charge in [0.1, 0.15) is 0 Å². The van der Waals surface area contributed by atoms with Gasteiger partial charge in [-0.3, -0.25) is 9.59 Å². The zero-order chi connectivity index (χ0) is 12.6. The van der Waals surface area contributed by atoms with Crippen LogP contribution in [0.5, 0.6) is 0 Å². The molecule has 0 aromatic heterocycles. The van der Waals surface area contributed by atoms with Gasteiger partial charge in [0.15, 0.2) is 0 Å². The Bertz CT molecular complexity index is 225. The highest BCUT2D eigenvalue weighted by molar-refractivity contribution is 5.79. The van der Waals surface area contributed by atoms with Gasteiger partial charge >= 0.3 is 0 Å². The van der Waals surface area contributed by atoms with Crippen LogP contribution in [-0.2, 0) is 9.59 Å². The summed E-state index contributed by atoms with van der Waals surface area (Å²) < 4.78 is 0. The van der Waals surface area contributed by atoms with Crippen LogP contribution in [0, 0.1) is 11.8 Å². The molecule has 0 rings (SSSR count). The van der Waals surface area contributed by atoms with E-state index in [2.05, 4.69) is 10.6 Å². The molecule has 0 aromatic carbocycles. The van der Waals surface area contributed by atoms with Crippen molar-refractivity contribution in [2.75, 3.05) is 19.6 Å². The predicted octanol–water partition coefficient (Wildman–Crippen LogP) is -0.140. The Morgan fingerprint density at radius 2 is 1.62 bits per heavy atom. The molecule has 0 fully saturated rings. The molecule has 0 radical (unpaired) electrons. The highest BCUT2D eigenvalue weighted by atomic mass is 16.2. The molecular formula is C11H23N3O2. The second-order valence-corrected chi connectivity index (χ2v) is 4.08. The average molecular weight is 229 g/mol. The largest absolute Gasteiger partial charge is 0.354 e. The normalized spacial score (nSPS) is 12.3. The van der Waals surface area contributed by atoms with Crippen LogP contribution in [0.4, 0.5) is 0 Å². The van der Waals surface area contributed by atoms with Crippen molar-refractivity contribution in [3.05, 3.63) is 0 Å². The molecule has 2 amide bonds. The average Bonchev–Trinajstić information content (AvgIpc) is 2.25. The number of carbonyl (C=O) groups excluding carboxylic acids is 2. The minimum absolute atomic E-state index is 0.000107. The van der Waals surface area contributed by atoms with E-state index >= 15 is 0 Å². The van der Waals surface area contributed by atoms with Gasteiger partial charge in [0.2, 0.25) is 11.8 Å². The first kappa shape index (κ1) is 14.9. The van der Waals surface area contributed by atoms with Crippen LogP contribution in [-0.4, -0.2) is 31.4 Å². The van der Waals surface area contributed by atoms with E-state index in [0.29, 0.717) is 19.6 Å². The Kier molecular flexibility index (Phi) is 7.54. The number of nitrogens with two attached hydrogens (primary N) is 1. The maximum absolute atomic E-state index is 11.5. The van der Waals surface area contributed by atoms with E-state index in [9.17, 15) is 9.59 Å². The molecule has 0 aliphatic heterocycles. The molecule has 0 saturated carbocycles. The molecular weight excluding hydrogens is 206 g/mol. The summed E-state index contributed by atoms with van der Waals surface area (Å²) in [4.78, 5) is 22.7. The van der Waals surface area contributed by atoms with Crippen LogP contribution in [0.25, 0.3) is 0 Å². The Morgan fingerprint density at radius 1 is 1.12 bits per heavy atom. The Labute approximate surface area is 97.2 Å². The lowest BCUT2D eigenvalue weighted by Crippen LogP contribution is -2.40. The molecule has 0 bridgehead atoms. The number of hydrogen-bond acceptors (Lipinski definition) is 3. The summed E-state index contributed by atoms with van der Waals surface area (Å²) in [5.74, 6) is -0.187. The lowest BCUT2D eigenvalue weighted by Gasteiger charge is -2.13. The zero-order valence-corrected chi connectivity index (χ0v) is 10.4. The third kappa shape index (κ3) is 5.70. The van der Waals surface area contributed by atoms with Crippen LogP contribution >= 0.6 is 0 Å². The summed E-state index contributed by atoms with van der Waals surface area (Å²) in [5.41, 5.74) is 5.45. The molecule has 94 valence electrons. The van der Waals surface area contributed by atoms with E-state index in [1.165, 1.54) is 0 Å². The van der Waals surface area contributed by atoms with Crippen molar-refractivity contribution < 1.29 is 9.59 Å². The molecule has 0 aliphatic rings. The van der Waals surface area contributed by atoms with E-state index in [-0.39, 0.29) is 23.7 Å². The molecule has 5 nitrogen and oxygen atoms in total. The number of nitrogens with one attached hydrogen (secondary N) is 2. The number of carbonyl (C=O) groups is 2. The van der Waals surface area contributed by atoms with E-state index in [0.717, 1.165) is 6.42 Å². The first-order valence-corrected chi connectivity index (χ1v) is 5.78. The highest BCUT2D eigenvalue weighted by Gasteiger charge is 2.13. The van der Waals surface area contributed by atoms with E-state index in [4.69, 9.17) is 5.73 Å². The lowest BCUT2D eigenvalue weighted by molar-refractivity contribution is -0.126. The summed E-state index contributed by atoms with van der Waals surface area (Å²) >= 11 is 0. The number of hydrogen-bond donors (Lipinski definition) is 3. The molecule has 5 heteroatoms. The molecule has 16 heavy (non-hydrogen) atoms. The van der Waals surface area contributed by atoms with Crippen LogP contribution in [0.1, 0.15) is 27.2 Å². The molecule has 1 unspecified atom stereocenters. The molecule has 1 atom stereocenters.